The van der Waals surface area contributed by atoms with Gasteiger partial charge in [0, 0.05) is 15.9 Å². The molecular formula is C15H12BrClF2O. The summed E-state index contributed by atoms with van der Waals surface area (Å²) in [6, 6.07) is 7.90. The molecule has 0 aliphatic carbocycles. The summed E-state index contributed by atoms with van der Waals surface area (Å²) in [6.45, 7) is 1.93. The quantitative estimate of drug-likeness (QED) is 0.662. The Morgan fingerprint density at radius 2 is 1.80 bits per heavy atom. The van der Waals surface area contributed by atoms with Crippen LogP contribution < -0.4 is 4.74 Å². The second-order valence-corrected chi connectivity index (χ2v) is 5.37. The van der Waals surface area contributed by atoms with Gasteiger partial charge < -0.3 is 4.74 Å². The number of aryl methyl sites for hydroxylation is 1. The fourth-order valence-electron chi connectivity index (χ4n) is 1.75. The molecule has 0 aliphatic rings. The highest BCUT2D eigenvalue weighted by atomic mass is 79.9. The summed E-state index contributed by atoms with van der Waals surface area (Å²) in [4.78, 5) is 0. The molecule has 0 saturated heterocycles. The molecule has 0 amide bonds. The van der Waals surface area contributed by atoms with Gasteiger partial charge in [-0.15, -0.1) is 0 Å². The molecular weight excluding hydrogens is 350 g/mol. The Labute approximate surface area is 129 Å². The molecule has 0 bridgehead atoms. The topological polar surface area (TPSA) is 9.23 Å². The van der Waals surface area contributed by atoms with Crippen molar-refractivity contribution in [3.63, 3.8) is 0 Å². The molecule has 5 heteroatoms. The van der Waals surface area contributed by atoms with Gasteiger partial charge in [0.05, 0.1) is 0 Å². The number of ether oxygens (including phenoxy) is 1. The van der Waals surface area contributed by atoms with E-state index in [1.165, 1.54) is 12.1 Å². The molecule has 106 valence electrons. The standard InChI is InChI=1S/C15H12BrClF2O/c1-9-2-3-11(12(17)4-9)8-20-15-13(18)5-10(7-16)6-14(15)19/h2-6H,7-8H2,1H3. The average molecular weight is 362 g/mol. The number of alkyl halides is 1. The lowest BCUT2D eigenvalue weighted by atomic mass is 10.1. The van der Waals surface area contributed by atoms with Crippen molar-refractivity contribution in [1.82, 2.24) is 0 Å². The molecule has 0 spiro atoms. The van der Waals surface area contributed by atoms with Gasteiger partial charge in [0.25, 0.3) is 0 Å². The van der Waals surface area contributed by atoms with Crippen molar-refractivity contribution in [3.8, 4) is 5.75 Å². The minimum atomic E-state index is -0.720. The van der Waals surface area contributed by atoms with E-state index in [0.717, 1.165) is 5.56 Å². The van der Waals surface area contributed by atoms with E-state index in [-0.39, 0.29) is 12.4 Å². The van der Waals surface area contributed by atoms with Crippen LogP contribution in [-0.2, 0) is 11.9 Å². The zero-order valence-electron chi connectivity index (χ0n) is 10.7. The molecule has 2 aromatic rings. The summed E-state index contributed by atoms with van der Waals surface area (Å²) >= 11 is 9.20. The van der Waals surface area contributed by atoms with E-state index < -0.39 is 11.6 Å². The maximum Gasteiger partial charge on any atom is 0.191 e. The predicted molar refractivity (Wildman–Crippen MR) is 79.5 cm³/mol. The highest BCUT2D eigenvalue weighted by Crippen LogP contribution is 2.26. The third-order valence-electron chi connectivity index (χ3n) is 2.79. The molecule has 2 aromatic carbocycles. The Morgan fingerprint density at radius 3 is 2.35 bits per heavy atom. The van der Waals surface area contributed by atoms with Gasteiger partial charge in [0.15, 0.2) is 17.4 Å². The first kappa shape index (κ1) is 15.3. The van der Waals surface area contributed by atoms with E-state index in [2.05, 4.69) is 15.9 Å². The number of benzene rings is 2. The largest absolute Gasteiger partial charge is 0.483 e. The molecule has 0 N–H and O–H groups in total. The van der Waals surface area contributed by atoms with Crippen molar-refractivity contribution in [2.45, 2.75) is 18.9 Å². The third-order valence-corrected chi connectivity index (χ3v) is 3.79. The zero-order chi connectivity index (χ0) is 14.7. The van der Waals surface area contributed by atoms with Crippen LogP contribution in [-0.4, -0.2) is 0 Å². The van der Waals surface area contributed by atoms with Crippen molar-refractivity contribution in [2.75, 3.05) is 0 Å². The van der Waals surface area contributed by atoms with Gasteiger partial charge in [-0.05, 0) is 36.2 Å². The first-order valence-electron chi connectivity index (χ1n) is 5.93. The fourth-order valence-corrected chi connectivity index (χ4v) is 2.36. The van der Waals surface area contributed by atoms with Crippen LogP contribution in [0.3, 0.4) is 0 Å². The first-order valence-corrected chi connectivity index (χ1v) is 7.43. The Bertz CT molecular complexity index is 608. The molecule has 1 nitrogen and oxygen atoms in total. The Kier molecular flexibility index (Phi) is 5.00. The maximum atomic E-state index is 13.7. The monoisotopic (exact) mass is 360 g/mol. The third kappa shape index (κ3) is 3.49. The van der Waals surface area contributed by atoms with Crippen molar-refractivity contribution in [3.05, 3.63) is 63.7 Å². The van der Waals surface area contributed by atoms with E-state index >= 15 is 0 Å². The van der Waals surface area contributed by atoms with E-state index in [1.807, 2.05) is 13.0 Å². The predicted octanol–water partition coefficient (Wildman–Crippen LogP) is 5.40. The number of rotatable bonds is 4. The Morgan fingerprint density at radius 1 is 1.15 bits per heavy atom. The average Bonchev–Trinajstić information content (AvgIpc) is 2.39. The smallest absolute Gasteiger partial charge is 0.191 e. The van der Waals surface area contributed by atoms with Crippen LogP contribution in [0.25, 0.3) is 0 Å². The van der Waals surface area contributed by atoms with Crippen LogP contribution in [0.1, 0.15) is 16.7 Å². The lowest BCUT2D eigenvalue weighted by Gasteiger charge is -2.11. The van der Waals surface area contributed by atoms with Crippen molar-refractivity contribution in [1.29, 1.82) is 0 Å². The first-order chi connectivity index (χ1) is 9.51. The highest BCUT2D eigenvalue weighted by Gasteiger charge is 2.13. The lowest BCUT2D eigenvalue weighted by molar-refractivity contribution is 0.274. The van der Waals surface area contributed by atoms with E-state index in [1.54, 1.807) is 12.1 Å². The second-order valence-electron chi connectivity index (χ2n) is 4.41. The van der Waals surface area contributed by atoms with Crippen molar-refractivity contribution < 1.29 is 13.5 Å². The molecule has 0 unspecified atom stereocenters. The molecule has 20 heavy (non-hydrogen) atoms. The van der Waals surface area contributed by atoms with E-state index in [0.29, 0.717) is 21.5 Å². The fraction of sp³-hybridized carbons (Fsp3) is 0.200. The van der Waals surface area contributed by atoms with Crippen LogP contribution >= 0.6 is 27.5 Å². The summed E-state index contributed by atoms with van der Waals surface area (Å²) in [5, 5.41) is 0.896. The zero-order valence-corrected chi connectivity index (χ0v) is 13.1. The van der Waals surface area contributed by atoms with E-state index in [9.17, 15) is 8.78 Å². The van der Waals surface area contributed by atoms with E-state index in [4.69, 9.17) is 16.3 Å². The van der Waals surface area contributed by atoms with Crippen LogP contribution in [0.15, 0.2) is 30.3 Å². The van der Waals surface area contributed by atoms with Crippen molar-refractivity contribution >= 4 is 27.5 Å². The molecule has 2 rings (SSSR count). The Balaban J connectivity index is 2.19. The van der Waals surface area contributed by atoms with Crippen LogP contribution in [0.4, 0.5) is 8.78 Å². The second kappa shape index (κ2) is 6.55. The SMILES string of the molecule is Cc1ccc(COc2c(F)cc(CBr)cc2F)c(Cl)c1. The molecule has 0 atom stereocenters. The van der Waals surface area contributed by atoms with Crippen molar-refractivity contribution in [2.24, 2.45) is 0 Å². The maximum absolute atomic E-state index is 13.7. The minimum Gasteiger partial charge on any atom is -0.483 e. The van der Waals surface area contributed by atoms with Gasteiger partial charge in [-0.3, -0.25) is 0 Å². The minimum absolute atomic E-state index is 0.0145. The molecule has 0 aromatic heterocycles. The molecule has 0 fully saturated rings. The van der Waals surface area contributed by atoms with Gasteiger partial charge in [0.2, 0.25) is 0 Å². The van der Waals surface area contributed by atoms with Gasteiger partial charge in [-0.25, -0.2) is 8.78 Å². The van der Waals surface area contributed by atoms with Crippen LogP contribution in [0.2, 0.25) is 5.02 Å². The molecule has 0 aliphatic heterocycles. The van der Waals surface area contributed by atoms with Gasteiger partial charge >= 0.3 is 0 Å². The summed E-state index contributed by atoms with van der Waals surface area (Å²) in [7, 11) is 0. The number of halogens is 4. The number of hydrogen-bond acceptors (Lipinski definition) is 1. The molecule has 0 heterocycles. The Hall–Kier alpha value is -1.13. The van der Waals surface area contributed by atoms with Crippen LogP contribution in [0, 0.1) is 18.6 Å². The lowest BCUT2D eigenvalue weighted by Crippen LogP contribution is -2.01. The summed E-state index contributed by atoms with van der Waals surface area (Å²) in [6.07, 6.45) is 0. The van der Waals surface area contributed by atoms with Gasteiger partial charge in [0.1, 0.15) is 6.61 Å². The highest BCUT2D eigenvalue weighted by molar-refractivity contribution is 9.08. The van der Waals surface area contributed by atoms with Gasteiger partial charge in [-0.2, -0.15) is 0 Å². The van der Waals surface area contributed by atoms with Gasteiger partial charge in [-0.1, -0.05) is 39.7 Å². The molecule has 0 saturated carbocycles. The normalized spacial score (nSPS) is 10.7. The number of hydrogen-bond donors (Lipinski definition) is 0. The summed E-state index contributed by atoms with van der Waals surface area (Å²) in [5.41, 5.74) is 2.21. The summed E-state index contributed by atoms with van der Waals surface area (Å²) < 4.78 is 32.7. The molecule has 0 radical (unpaired) electrons. The summed E-state index contributed by atoms with van der Waals surface area (Å²) in [5.74, 6) is -1.82. The van der Waals surface area contributed by atoms with Crippen LogP contribution in [0.5, 0.6) is 5.75 Å².